The Morgan fingerprint density at radius 2 is 2.06 bits per heavy atom. The fraction of sp³-hybridized carbons (Fsp3) is 0.333. The van der Waals surface area contributed by atoms with E-state index in [9.17, 15) is 0 Å². The monoisotopic (exact) mass is 375 g/mol. The van der Waals surface area contributed by atoms with E-state index in [1.54, 1.807) is 0 Å². The summed E-state index contributed by atoms with van der Waals surface area (Å²) in [6, 6.07) is 7.95. The molecule has 0 amide bonds. The second-order valence-corrected chi connectivity index (χ2v) is 5.98. The average Bonchev–Trinajstić information content (AvgIpc) is 2.84. The minimum absolute atomic E-state index is 0.464. The normalized spacial score (nSPS) is 10.3. The first kappa shape index (κ1) is 13.5. The van der Waals surface area contributed by atoms with Gasteiger partial charge >= 0.3 is 0 Å². The molecule has 18 heavy (non-hydrogen) atoms. The lowest BCUT2D eigenvalue weighted by Crippen LogP contribution is -1.98. The Hall–Kier alpha value is -0.890. The molecule has 0 saturated carbocycles. The highest BCUT2D eigenvalue weighted by molar-refractivity contribution is 14.1. The number of benzene rings is 1. The molecule has 1 N–H and O–H groups in total. The van der Waals surface area contributed by atoms with E-state index in [0.29, 0.717) is 6.61 Å². The van der Waals surface area contributed by atoms with E-state index in [0.717, 1.165) is 28.9 Å². The molecule has 96 valence electrons. The Morgan fingerprint density at radius 3 is 2.78 bits per heavy atom. The zero-order valence-electron chi connectivity index (χ0n) is 10.0. The van der Waals surface area contributed by atoms with Crippen LogP contribution in [-0.2, 0) is 6.61 Å². The Morgan fingerprint density at radius 1 is 1.28 bits per heavy atom. The predicted octanol–water partition coefficient (Wildman–Crippen LogP) is 3.54. The van der Waals surface area contributed by atoms with Crippen molar-refractivity contribution in [3.63, 3.8) is 0 Å². The van der Waals surface area contributed by atoms with Gasteiger partial charge in [0, 0.05) is 10.1 Å². The Labute approximate surface area is 124 Å². The van der Waals surface area contributed by atoms with Gasteiger partial charge in [-0.25, -0.2) is 0 Å². The summed E-state index contributed by atoms with van der Waals surface area (Å²) in [6.45, 7) is 3.51. The fourth-order valence-electron chi connectivity index (χ4n) is 1.29. The first-order valence-electron chi connectivity index (χ1n) is 5.72. The molecule has 0 radical (unpaired) electrons. The molecule has 0 bridgehead atoms. The zero-order valence-corrected chi connectivity index (χ0v) is 13.0. The van der Waals surface area contributed by atoms with Crippen LogP contribution in [0.1, 0.15) is 18.4 Å². The molecule has 0 spiro atoms. The average molecular weight is 375 g/mol. The van der Waals surface area contributed by atoms with Crippen LogP contribution in [0.25, 0.3) is 0 Å². The van der Waals surface area contributed by atoms with Gasteiger partial charge in [-0.05, 0) is 53.3 Å². The van der Waals surface area contributed by atoms with Crippen LogP contribution in [0.4, 0.5) is 5.13 Å². The number of aromatic nitrogens is 2. The molecule has 6 heteroatoms. The Balaban J connectivity index is 1.86. The topological polar surface area (TPSA) is 47.0 Å². The quantitative estimate of drug-likeness (QED) is 0.785. The van der Waals surface area contributed by atoms with E-state index in [4.69, 9.17) is 4.74 Å². The largest absolute Gasteiger partial charge is 0.486 e. The molecule has 1 heterocycles. The van der Waals surface area contributed by atoms with Gasteiger partial charge < -0.3 is 10.1 Å². The SMILES string of the molecule is CCCNc1nnc(COc2ccc(I)cc2)s1. The van der Waals surface area contributed by atoms with Crippen molar-refractivity contribution in [1.29, 1.82) is 0 Å². The molecule has 1 aromatic carbocycles. The van der Waals surface area contributed by atoms with Crippen molar-refractivity contribution in [2.24, 2.45) is 0 Å². The number of nitrogens with one attached hydrogen (secondary N) is 1. The molecule has 0 aliphatic rings. The standard InChI is InChI=1S/C12H14IN3OS/c1-2-7-14-12-16-15-11(18-12)8-17-10-5-3-9(13)4-6-10/h3-6H,2,7-8H2,1H3,(H,14,16). The third-order valence-corrected chi connectivity index (χ3v) is 3.74. The Kier molecular flexibility index (Phi) is 5.18. The molecule has 1 aromatic heterocycles. The maximum absolute atomic E-state index is 5.64. The highest BCUT2D eigenvalue weighted by atomic mass is 127. The minimum atomic E-state index is 0.464. The molecule has 0 saturated heterocycles. The number of halogens is 1. The second-order valence-electron chi connectivity index (χ2n) is 3.67. The van der Waals surface area contributed by atoms with Crippen molar-refractivity contribution in [2.75, 3.05) is 11.9 Å². The number of ether oxygens (including phenoxy) is 1. The van der Waals surface area contributed by atoms with Crippen LogP contribution in [0, 0.1) is 3.57 Å². The van der Waals surface area contributed by atoms with Gasteiger partial charge in [0.25, 0.3) is 0 Å². The molecule has 2 aromatic rings. The summed E-state index contributed by atoms with van der Waals surface area (Å²) in [5.74, 6) is 0.855. The van der Waals surface area contributed by atoms with Gasteiger partial charge in [0.05, 0.1) is 0 Å². The lowest BCUT2D eigenvalue weighted by Gasteiger charge is -2.02. The van der Waals surface area contributed by atoms with Crippen LogP contribution in [0.5, 0.6) is 5.75 Å². The number of hydrogen-bond acceptors (Lipinski definition) is 5. The first-order valence-corrected chi connectivity index (χ1v) is 7.62. The van der Waals surface area contributed by atoms with Crippen LogP contribution >= 0.6 is 33.9 Å². The van der Waals surface area contributed by atoms with E-state index in [1.165, 1.54) is 14.9 Å². The molecule has 0 unspecified atom stereocenters. The number of rotatable bonds is 6. The summed E-state index contributed by atoms with van der Waals surface area (Å²) in [4.78, 5) is 0. The summed E-state index contributed by atoms with van der Waals surface area (Å²) in [5.41, 5.74) is 0. The van der Waals surface area contributed by atoms with E-state index < -0.39 is 0 Å². The number of nitrogens with zero attached hydrogens (tertiary/aromatic N) is 2. The highest BCUT2D eigenvalue weighted by Crippen LogP contribution is 2.19. The molecular formula is C12H14IN3OS. The minimum Gasteiger partial charge on any atom is -0.486 e. The van der Waals surface area contributed by atoms with E-state index in [-0.39, 0.29) is 0 Å². The van der Waals surface area contributed by atoms with Crippen LogP contribution in [0.15, 0.2) is 24.3 Å². The van der Waals surface area contributed by atoms with Gasteiger partial charge in [-0.15, -0.1) is 10.2 Å². The van der Waals surface area contributed by atoms with Crippen LogP contribution in [0.3, 0.4) is 0 Å². The first-order chi connectivity index (χ1) is 8.78. The van der Waals surface area contributed by atoms with Gasteiger partial charge in [-0.3, -0.25) is 0 Å². The van der Waals surface area contributed by atoms with Gasteiger partial charge in [-0.1, -0.05) is 18.3 Å². The van der Waals surface area contributed by atoms with Crippen LogP contribution < -0.4 is 10.1 Å². The lowest BCUT2D eigenvalue weighted by molar-refractivity contribution is 0.304. The lowest BCUT2D eigenvalue weighted by atomic mass is 10.3. The van der Waals surface area contributed by atoms with Gasteiger partial charge in [0.1, 0.15) is 12.4 Å². The van der Waals surface area contributed by atoms with Gasteiger partial charge in [0.15, 0.2) is 5.01 Å². The van der Waals surface area contributed by atoms with E-state index >= 15 is 0 Å². The maximum atomic E-state index is 5.64. The molecule has 4 nitrogen and oxygen atoms in total. The zero-order chi connectivity index (χ0) is 12.8. The predicted molar refractivity (Wildman–Crippen MR) is 82.2 cm³/mol. The molecule has 0 fully saturated rings. The van der Waals surface area contributed by atoms with Crippen molar-refractivity contribution in [2.45, 2.75) is 20.0 Å². The second kappa shape index (κ2) is 6.89. The van der Waals surface area contributed by atoms with Crippen molar-refractivity contribution in [1.82, 2.24) is 10.2 Å². The summed E-state index contributed by atoms with van der Waals surface area (Å²) < 4.78 is 6.84. The maximum Gasteiger partial charge on any atom is 0.205 e. The smallest absolute Gasteiger partial charge is 0.205 e. The summed E-state index contributed by atoms with van der Waals surface area (Å²) >= 11 is 3.80. The molecule has 2 rings (SSSR count). The molecule has 0 aliphatic heterocycles. The van der Waals surface area contributed by atoms with Crippen molar-refractivity contribution >= 4 is 39.1 Å². The highest BCUT2D eigenvalue weighted by Gasteiger charge is 2.04. The summed E-state index contributed by atoms with van der Waals surface area (Å²) in [7, 11) is 0. The van der Waals surface area contributed by atoms with Crippen molar-refractivity contribution in [3.8, 4) is 5.75 Å². The van der Waals surface area contributed by atoms with E-state index in [1.807, 2.05) is 24.3 Å². The van der Waals surface area contributed by atoms with Gasteiger partial charge in [-0.2, -0.15) is 0 Å². The Bertz CT molecular complexity index is 486. The van der Waals surface area contributed by atoms with Crippen molar-refractivity contribution in [3.05, 3.63) is 32.8 Å². The number of hydrogen-bond donors (Lipinski definition) is 1. The van der Waals surface area contributed by atoms with Crippen LogP contribution in [0.2, 0.25) is 0 Å². The van der Waals surface area contributed by atoms with Gasteiger partial charge in [0.2, 0.25) is 5.13 Å². The van der Waals surface area contributed by atoms with Crippen LogP contribution in [-0.4, -0.2) is 16.7 Å². The molecule has 0 aliphatic carbocycles. The summed E-state index contributed by atoms with van der Waals surface area (Å²) in [5, 5.41) is 13.1. The third-order valence-electron chi connectivity index (χ3n) is 2.17. The number of anilines is 1. The van der Waals surface area contributed by atoms with E-state index in [2.05, 4.69) is 45.0 Å². The van der Waals surface area contributed by atoms with Crippen molar-refractivity contribution < 1.29 is 4.74 Å². The molecule has 0 atom stereocenters. The summed E-state index contributed by atoms with van der Waals surface area (Å²) in [6.07, 6.45) is 1.08. The molecular weight excluding hydrogens is 361 g/mol. The fourth-order valence-corrected chi connectivity index (χ4v) is 2.33. The third kappa shape index (κ3) is 4.09.